The molecule has 0 unspecified atom stereocenters. The minimum absolute atomic E-state index is 0.232. The minimum Gasteiger partial charge on any atom is -0.348 e. The standard InChI is InChI=1S/C22H20F3N3O/c23-22(24,25)17-9-4-5-10-18(17)26-21(29)28-14-13-27-12-6-11-19(27)20(28)15-16-7-2-1-3-8-16/h1-12,20H,13-15H2,(H,26,29)/t20-/m0/s1. The highest BCUT2D eigenvalue weighted by molar-refractivity contribution is 5.90. The van der Waals surface area contributed by atoms with Gasteiger partial charge in [-0.1, -0.05) is 42.5 Å². The summed E-state index contributed by atoms with van der Waals surface area (Å²) in [5.74, 6) is 0. The predicted molar refractivity (Wildman–Crippen MR) is 104 cm³/mol. The summed E-state index contributed by atoms with van der Waals surface area (Å²) >= 11 is 0. The van der Waals surface area contributed by atoms with Crippen LogP contribution in [0.3, 0.4) is 0 Å². The molecule has 1 aromatic heterocycles. The lowest BCUT2D eigenvalue weighted by Crippen LogP contribution is -2.45. The van der Waals surface area contributed by atoms with Crippen molar-refractivity contribution in [3.8, 4) is 0 Å². The van der Waals surface area contributed by atoms with Gasteiger partial charge < -0.3 is 14.8 Å². The zero-order valence-corrected chi connectivity index (χ0v) is 15.6. The Balaban J connectivity index is 1.62. The van der Waals surface area contributed by atoms with Gasteiger partial charge in [0.25, 0.3) is 0 Å². The van der Waals surface area contributed by atoms with Crippen molar-refractivity contribution in [2.45, 2.75) is 25.2 Å². The molecule has 1 aliphatic heterocycles. The Hall–Kier alpha value is -3.22. The number of nitrogens with one attached hydrogen (secondary N) is 1. The molecule has 2 amide bonds. The number of rotatable bonds is 3. The minimum atomic E-state index is -4.54. The number of hydrogen-bond acceptors (Lipinski definition) is 1. The summed E-state index contributed by atoms with van der Waals surface area (Å²) in [7, 11) is 0. The van der Waals surface area contributed by atoms with Crippen molar-refractivity contribution in [1.29, 1.82) is 0 Å². The maximum atomic E-state index is 13.3. The van der Waals surface area contributed by atoms with Crippen LogP contribution in [0.15, 0.2) is 72.9 Å². The molecule has 1 atom stereocenters. The summed E-state index contributed by atoms with van der Waals surface area (Å²) in [5, 5.41) is 2.48. The molecule has 150 valence electrons. The van der Waals surface area contributed by atoms with Crippen molar-refractivity contribution < 1.29 is 18.0 Å². The van der Waals surface area contributed by atoms with E-state index in [0.717, 1.165) is 17.3 Å². The van der Waals surface area contributed by atoms with E-state index in [1.807, 2.05) is 48.7 Å². The van der Waals surface area contributed by atoms with Gasteiger partial charge in [0, 0.05) is 25.0 Å². The van der Waals surface area contributed by atoms with Crippen LogP contribution in [-0.4, -0.2) is 22.0 Å². The normalized spacial score (nSPS) is 16.4. The highest BCUT2D eigenvalue weighted by atomic mass is 19.4. The lowest BCUT2D eigenvalue weighted by molar-refractivity contribution is -0.136. The van der Waals surface area contributed by atoms with Crippen LogP contribution in [0, 0.1) is 0 Å². The number of amides is 2. The molecule has 0 bridgehead atoms. The summed E-state index contributed by atoms with van der Waals surface area (Å²) in [6.07, 6.45) is -2.00. The third-order valence-corrected chi connectivity index (χ3v) is 5.17. The first-order valence-electron chi connectivity index (χ1n) is 9.36. The van der Waals surface area contributed by atoms with E-state index in [1.54, 1.807) is 4.90 Å². The van der Waals surface area contributed by atoms with E-state index in [1.165, 1.54) is 18.2 Å². The zero-order chi connectivity index (χ0) is 20.4. The molecule has 0 spiro atoms. The van der Waals surface area contributed by atoms with E-state index in [-0.39, 0.29) is 11.7 Å². The molecule has 1 aliphatic rings. The van der Waals surface area contributed by atoms with Gasteiger partial charge in [0.1, 0.15) is 0 Å². The van der Waals surface area contributed by atoms with Gasteiger partial charge in [0.2, 0.25) is 0 Å². The highest BCUT2D eigenvalue weighted by Gasteiger charge is 2.35. The number of para-hydroxylation sites is 1. The second-order valence-electron chi connectivity index (χ2n) is 7.00. The number of anilines is 1. The molecule has 0 fully saturated rings. The fourth-order valence-electron chi connectivity index (χ4n) is 3.79. The lowest BCUT2D eigenvalue weighted by atomic mass is 10.0. The monoisotopic (exact) mass is 399 g/mol. The molecule has 3 aromatic rings. The Morgan fingerprint density at radius 3 is 2.45 bits per heavy atom. The van der Waals surface area contributed by atoms with Crippen LogP contribution < -0.4 is 5.32 Å². The van der Waals surface area contributed by atoms with E-state index in [9.17, 15) is 18.0 Å². The van der Waals surface area contributed by atoms with Gasteiger partial charge in [0.05, 0.1) is 17.3 Å². The van der Waals surface area contributed by atoms with Crippen LogP contribution in [-0.2, 0) is 19.1 Å². The number of carbonyl (C=O) groups excluding carboxylic acids is 1. The molecule has 4 rings (SSSR count). The Kier molecular flexibility index (Phi) is 5.05. The maximum Gasteiger partial charge on any atom is 0.418 e. The van der Waals surface area contributed by atoms with E-state index < -0.39 is 17.8 Å². The third kappa shape index (κ3) is 3.99. The van der Waals surface area contributed by atoms with E-state index >= 15 is 0 Å². The molecule has 29 heavy (non-hydrogen) atoms. The van der Waals surface area contributed by atoms with Gasteiger partial charge in [-0.25, -0.2) is 4.79 Å². The van der Waals surface area contributed by atoms with Crippen LogP contribution in [0.2, 0.25) is 0 Å². The number of fused-ring (bicyclic) bond motifs is 1. The summed E-state index contributed by atoms with van der Waals surface area (Å²) in [6.45, 7) is 1.02. The number of benzene rings is 2. The molecule has 4 nitrogen and oxygen atoms in total. The van der Waals surface area contributed by atoms with Gasteiger partial charge in [0.15, 0.2) is 0 Å². The first-order valence-corrected chi connectivity index (χ1v) is 9.36. The lowest BCUT2D eigenvalue weighted by Gasteiger charge is -2.37. The van der Waals surface area contributed by atoms with Crippen LogP contribution in [0.4, 0.5) is 23.7 Å². The third-order valence-electron chi connectivity index (χ3n) is 5.17. The van der Waals surface area contributed by atoms with E-state index in [4.69, 9.17) is 0 Å². The summed E-state index contributed by atoms with van der Waals surface area (Å²) in [6, 6.07) is 17.9. The smallest absolute Gasteiger partial charge is 0.348 e. The number of carbonyl (C=O) groups is 1. The first-order chi connectivity index (χ1) is 13.9. The molecular weight excluding hydrogens is 379 g/mol. The van der Waals surface area contributed by atoms with Crippen LogP contribution in [0.1, 0.15) is 22.9 Å². The van der Waals surface area contributed by atoms with Gasteiger partial charge in [-0.3, -0.25) is 0 Å². The fraction of sp³-hybridized carbons (Fsp3) is 0.227. The SMILES string of the molecule is O=C(Nc1ccccc1C(F)(F)F)N1CCn2cccc2[C@@H]1Cc1ccccc1. The topological polar surface area (TPSA) is 37.3 Å². The van der Waals surface area contributed by atoms with Crippen LogP contribution >= 0.6 is 0 Å². The number of halogens is 3. The van der Waals surface area contributed by atoms with Crippen LogP contribution in [0.25, 0.3) is 0 Å². The Morgan fingerprint density at radius 2 is 1.69 bits per heavy atom. The molecule has 2 heterocycles. The summed E-state index contributed by atoms with van der Waals surface area (Å²) in [5.41, 5.74) is 0.942. The summed E-state index contributed by atoms with van der Waals surface area (Å²) in [4.78, 5) is 14.6. The number of hydrogen-bond donors (Lipinski definition) is 1. The summed E-state index contributed by atoms with van der Waals surface area (Å²) < 4.78 is 42.0. The number of aromatic nitrogens is 1. The average molecular weight is 399 g/mol. The fourth-order valence-corrected chi connectivity index (χ4v) is 3.79. The first kappa shape index (κ1) is 19.1. The van der Waals surface area contributed by atoms with Crippen LogP contribution in [0.5, 0.6) is 0 Å². The molecule has 2 aromatic carbocycles. The highest BCUT2D eigenvalue weighted by Crippen LogP contribution is 2.35. The van der Waals surface area contributed by atoms with Gasteiger partial charge in [-0.05, 0) is 36.2 Å². The molecule has 0 radical (unpaired) electrons. The Morgan fingerprint density at radius 1 is 0.966 bits per heavy atom. The number of alkyl halides is 3. The predicted octanol–water partition coefficient (Wildman–Crippen LogP) is 5.34. The van der Waals surface area contributed by atoms with Gasteiger partial charge in [-0.2, -0.15) is 13.2 Å². The van der Waals surface area contributed by atoms with Gasteiger partial charge >= 0.3 is 12.2 Å². The van der Waals surface area contributed by atoms with Gasteiger partial charge in [-0.15, -0.1) is 0 Å². The van der Waals surface area contributed by atoms with E-state index in [2.05, 4.69) is 9.88 Å². The number of nitrogens with zero attached hydrogens (tertiary/aromatic N) is 2. The molecular formula is C22H20F3N3O. The van der Waals surface area contributed by atoms with E-state index in [0.29, 0.717) is 19.5 Å². The Labute approximate surface area is 166 Å². The average Bonchev–Trinajstić information content (AvgIpc) is 3.18. The Bertz CT molecular complexity index is 998. The van der Waals surface area contributed by atoms with Crippen molar-refractivity contribution in [2.75, 3.05) is 11.9 Å². The zero-order valence-electron chi connectivity index (χ0n) is 15.6. The molecule has 0 saturated carbocycles. The van der Waals surface area contributed by atoms with Crippen molar-refractivity contribution in [1.82, 2.24) is 9.47 Å². The quantitative estimate of drug-likeness (QED) is 0.634. The van der Waals surface area contributed by atoms with Crippen molar-refractivity contribution >= 4 is 11.7 Å². The largest absolute Gasteiger partial charge is 0.418 e. The second-order valence-corrected chi connectivity index (χ2v) is 7.00. The van der Waals surface area contributed by atoms with Crippen molar-refractivity contribution in [3.63, 3.8) is 0 Å². The molecule has 0 aliphatic carbocycles. The molecule has 0 saturated heterocycles. The second kappa shape index (κ2) is 7.66. The van der Waals surface area contributed by atoms with Crippen molar-refractivity contribution in [3.05, 3.63) is 89.7 Å². The maximum absolute atomic E-state index is 13.3. The number of urea groups is 1. The molecule has 1 N–H and O–H groups in total. The van der Waals surface area contributed by atoms with Crippen molar-refractivity contribution in [2.24, 2.45) is 0 Å². The molecule has 7 heteroatoms.